The van der Waals surface area contributed by atoms with E-state index in [0.29, 0.717) is 25.5 Å². The van der Waals surface area contributed by atoms with E-state index in [0.717, 1.165) is 41.9 Å². The summed E-state index contributed by atoms with van der Waals surface area (Å²) >= 11 is 0. The Hall–Kier alpha value is -2.77. The highest BCUT2D eigenvalue weighted by Gasteiger charge is 2.56. The van der Waals surface area contributed by atoms with Crippen LogP contribution in [0.15, 0.2) is 42.5 Å². The average molecular weight is 437 g/mol. The molecule has 0 radical (unpaired) electrons. The third-order valence-electron chi connectivity index (χ3n) is 7.32. The molecule has 7 nitrogen and oxygen atoms in total. The summed E-state index contributed by atoms with van der Waals surface area (Å²) in [6.07, 6.45) is 2.41. The van der Waals surface area contributed by atoms with E-state index in [-0.39, 0.29) is 30.6 Å². The third kappa shape index (κ3) is 3.22. The van der Waals surface area contributed by atoms with Crippen LogP contribution in [-0.2, 0) is 20.8 Å². The fourth-order valence-corrected chi connectivity index (χ4v) is 5.81. The van der Waals surface area contributed by atoms with E-state index < -0.39 is 5.79 Å². The number of nitrogens with zero attached hydrogens (tertiary/aromatic N) is 1. The first-order chi connectivity index (χ1) is 15.7. The number of methoxy groups -OCH3 is 1. The van der Waals surface area contributed by atoms with Crippen molar-refractivity contribution in [3.8, 4) is 17.2 Å². The van der Waals surface area contributed by atoms with Crippen molar-refractivity contribution in [2.45, 2.75) is 43.6 Å². The molecule has 2 saturated heterocycles. The minimum Gasteiger partial charge on any atom is -0.497 e. The van der Waals surface area contributed by atoms with Gasteiger partial charge in [0, 0.05) is 31.3 Å². The van der Waals surface area contributed by atoms with Crippen LogP contribution in [0.2, 0.25) is 0 Å². The molecule has 3 aliphatic heterocycles. The molecule has 1 aliphatic carbocycles. The van der Waals surface area contributed by atoms with E-state index in [9.17, 15) is 4.79 Å². The van der Waals surface area contributed by atoms with Crippen molar-refractivity contribution in [3.05, 3.63) is 53.6 Å². The number of hydrogen-bond donors (Lipinski definition) is 0. The number of rotatable bonds is 4. The second-order valence-corrected chi connectivity index (χ2v) is 8.99. The monoisotopic (exact) mass is 437 g/mol. The molecule has 168 valence electrons. The van der Waals surface area contributed by atoms with Gasteiger partial charge in [-0.2, -0.15) is 0 Å². The van der Waals surface area contributed by atoms with Gasteiger partial charge in [-0.05, 0) is 41.8 Å². The second-order valence-electron chi connectivity index (χ2n) is 8.99. The fourth-order valence-electron chi connectivity index (χ4n) is 5.81. The van der Waals surface area contributed by atoms with Gasteiger partial charge in [0.25, 0.3) is 0 Å². The topological polar surface area (TPSA) is 66.5 Å². The molecular weight excluding hydrogens is 410 g/mol. The van der Waals surface area contributed by atoms with E-state index in [1.54, 1.807) is 7.11 Å². The van der Waals surface area contributed by atoms with Gasteiger partial charge in [0.2, 0.25) is 12.7 Å². The van der Waals surface area contributed by atoms with Gasteiger partial charge in [-0.25, -0.2) is 0 Å². The zero-order valence-electron chi connectivity index (χ0n) is 18.1. The Morgan fingerprint density at radius 3 is 2.62 bits per heavy atom. The molecule has 0 aromatic heterocycles. The normalized spacial score (nSPS) is 27.7. The Labute approximate surface area is 187 Å². The van der Waals surface area contributed by atoms with Crippen LogP contribution in [0.1, 0.15) is 36.3 Å². The SMILES string of the molecule is COc1ccc(CN2C(=O)[C@@H](c3ccc4c(c3)OCO4)[C@@H]3CC4(CC[C@H]32)OCCO4)cc1. The standard InChI is InChI=1S/C25H27NO6/c1-28-18-5-2-16(3-6-18)14-26-20-8-9-25(31-10-11-32-25)13-19(20)23(24(26)27)17-4-7-21-22(12-17)30-15-29-21/h2-7,12,19-20,23H,8-11,13-15H2,1H3/t19-,20-,23+/m1/s1. The molecule has 1 spiro atoms. The number of carbonyl (C=O) groups is 1. The maximum absolute atomic E-state index is 13.9. The molecule has 3 heterocycles. The largest absolute Gasteiger partial charge is 0.497 e. The van der Waals surface area contributed by atoms with E-state index in [4.69, 9.17) is 23.7 Å². The van der Waals surface area contributed by atoms with Crippen LogP contribution in [0, 0.1) is 5.92 Å². The van der Waals surface area contributed by atoms with Gasteiger partial charge in [-0.15, -0.1) is 0 Å². The lowest BCUT2D eigenvalue weighted by Crippen LogP contribution is -2.45. The van der Waals surface area contributed by atoms with Crippen LogP contribution in [0.3, 0.4) is 0 Å². The summed E-state index contributed by atoms with van der Waals surface area (Å²) in [5.41, 5.74) is 2.07. The predicted octanol–water partition coefficient (Wildman–Crippen LogP) is 3.46. The highest BCUT2D eigenvalue weighted by molar-refractivity contribution is 5.87. The Bertz CT molecular complexity index is 1020. The van der Waals surface area contributed by atoms with Gasteiger partial charge in [0.1, 0.15) is 5.75 Å². The van der Waals surface area contributed by atoms with Crippen molar-refractivity contribution < 1.29 is 28.5 Å². The van der Waals surface area contributed by atoms with Crippen LogP contribution in [-0.4, -0.2) is 49.8 Å². The molecule has 0 N–H and O–H groups in total. The lowest BCUT2D eigenvalue weighted by molar-refractivity contribution is -0.192. The lowest BCUT2D eigenvalue weighted by Gasteiger charge is -2.41. The quantitative estimate of drug-likeness (QED) is 0.730. The van der Waals surface area contributed by atoms with Crippen molar-refractivity contribution in [2.24, 2.45) is 5.92 Å². The lowest BCUT2D eigenvalue weighted by atomic mass is 9.74. The van der Waals surface area contributed by atoms with Crippen molar-refractivity contribution in [1.29, 1.82) is 0 Å². The first kappa shape index (κ1) is 19.9. The second kappa shape index (κ2) is 7.67. The molecule has 3 fully saturated rings. The highest BCUT2D eigenvalue weighted by Crippen LogP contribution is 2.52. The number of amides is 1. The highest BCUT2D eigenvalue weighted by atomic mass is 16.7. The van der Waals surface area contributed by atoms with Gasteiger partial charge < -0.3 is 28.6 Å². The van der Waals surface area contributed by atoms with Gasteiger partial charge in [0.15, 0.2) is 17.3 Å². The van der Waals surface area contributed by atoms with Crippen LogP contribution in [0.25, 0.3) is 0 Å². The summed E-state index contributed by atoms with van der Waals surface area (Å²) in [6, 6.07) is 14.0. The first-order valence-electron chi connectivity index (χ1n) is 11.3. The Balaban J connectivity index is 1.33. The zero-order chi connectivity index (χ0) is 21.7. The van der Waals surface area contributed by atoms with E-state index in [1.165, 1.54) is 0 Å². The molecule has 1 amide bonds. The van der Waals surface area contributed by atoms with Crippen molar-refractivity contribution in [1.82, 2.24) is 4.90 Å². The molecule has 0 bridgehead atoms. The fraction of sp³-hybridized carbons (Fsp3) is 0.480. The van der Waals surface area contributed by atoms with Crippen molar-refractivity contribution in [2.75, 3.05) is 27.1 Å². The van der Waals surface area contributed by atoms with Crippen LogP contribution >= 0.6 is 0 Å². The molecule has 7 heteroatoms. The molecule has 32 heavy (non-hydrogen) atoms. The van der Waals surface area contributed by atoms with Gasteiger partial charge >= 0.3 is 0 Å². The Morgan fingerprint density at radius 1 is 1.06 bits per heavy atom. The minimum atomic E-state index is -0.549. The summed E-state index contributed by atoms with van der Waals surface area (Å²) in [6.45, 7) is 2.04. The van der Waals surface area contributed by atoms with Gasteiger partial charge in [-0.1, -0.05) is 18.2 Å². The maximum Gasteiger partial charge on any atom is 0.231 e. The average Bonchev–Trinajstić information content (AvgIpc) is 3.53. The summed E-state index contributed by atoms with van der Waals surface area (Å²) in [4.78, 5) is 15.9. The molecule has 1 saturated carbocycles. The van der Waals surface area contributed by atoms with E-state index in [1.807, 2.05) is 42.5 Å². The molecule has 2 aromatic rings. The van der Waals surface area contributed by atoms with Crippen molar-refractivity contribution in [3.63, 3.8) is 0 Å². The third-order valence-corrected chi connectivity index (χ3v) is 7.32. The van der Waals surface area contributed by atoms with Crippen LogP contribution in [0.5, 0.6) is 17.2 Å². The van der Waals surface area contributed by atoms with Crippen molar-refractivity contribution >= 4 is 5.91 Å². The number of benzene rings is 2. The summed E-state index contributed by atoms with van der Waals surface area (Å²) < 4.78 is 28.5. The van der Waals surface area contributed by atoms with Crippen LogP contribution in [0.4, 0.5) is 0 Å². The molecular formula is C25H27NO6. The zero-order valence-corrected chi connectivity index (χ0v) is 18.1. The number of likely N-dealkylation sites (tertiary alicyclic amines) is 1. The molecule has 3 atom stereocenters. The maximum atomic E-state index is 13.9. The van der Waals surface area contributed by atoms with E-state index in [2.05, 4.69) is 4.90 Å². The molecule has 4 aliphatic rings. The molecule has 2 aromatic carbocycles. The summed E-state index contributed by atoms with van der Waals surface area (Å²) in [5, 5.41) is 0. The smallest absolute Gasteiger partial charge is 0.231 e. The minimum absolute atomic E-state index is 0.118. The first-order valence-corrected chi connectivity index (χ1v) is 11.3. The number of hydrogen-bond acceptors (Lipinski definition) is 6. The van der Waals surface area contributed by atoms with Gasteiger partial charge in [0.05, 0.1) is 26.2 Å². The van der Waals surface area contributed by atoms with Gasteiger partial charge in [-0.3, -0.25) is 4.79 Å². The number of carbonyl (C=O) groups excluding carboxylic acids is 1. The Kier molecular flexibility index (Phi) is 4.77. The van der Waals surface area contributed by atoms with E-state index >= 15 is 0 Å². The molecule has 0 unspecified atom stereocenters. The Morgan fingerprint density at radius 2 is 1.84 bits per heavy atom. The molecule has 6 rings (SSSR count). The number of fused-ring (bicyclic) bond motifs is 2. The summed E-state index contributed by atoms with van der Waals surface area (Å²) in [5.74, 6) is 1.72. The predicted molar refractivity (Wildman–Crippen MR) is 115 cm³/mol. The van der Waals surface area contributed by atoms with Crippen LogP contribution < -0.4 is 14.2 Å². The number of ether oxygens (including phenoxy) is 5. The summed E-state index contributed by atoms with van der Waals surface area (Å²) in [7, 11) is 1.66.